The summed E-state index contributed by atoms with van der Waals surface area (Å²) in [5.74, 6) is -0.871. The zero-order valence-corrected chi connectivity index (χ0v) is 14.6. The average molecular weight is 362 g/mol. The second-order valence-electron chi connectivity index (χ2n) is 6.19. The molecule has 27 heavy (non-hydrogen) atoms. The number of carboxylic acid groups (broad SMARTS) is 1. The zero-order valence-electron chi connectivity index (χ0n) is 14.6. The number of hydrogen-bond donors (Lipinski definition) is 1. The van der Waals surface area contributed by atoms with Crippen LogP contribution in [0.2, 0.25) is 0 Å². The van der Waals surface area contributed by atoms with Gasteiger partial charge in [-0.05, 0) is 36.3 Å². The molecule has 0 spiro atoms. The number of likely N-dealkylation sites (tertiary alicyclic amines) is 1. The first kappa shape index (κ1) is 18.2. The SMILES string of the molecule is C[C@@H](C(=O)O)N1C(=O)C(Oc2ccccc2)C1c1ccc(/C=C/C#N)cc1. The van der Waals surface area contributed by atoms with Crippen LogP contribution in [0.5, 0.6) is 5.75 Å². The molecule has 0 aliphatic carbocycles. The Kier molecular flexibility index (Phi) is 5.23. The third-order valence-corrected chi connectivity index (χ3v) is 4.49. The predicted molar refractivity (Wildman–Crippen MR) is 98.6 cm³/mol. The van der Waals surface area contributed by atoms with Crippen LogP contribution < -0.4 is 4.74 Å². The van der Waals surface area contributed by atoms with E-state index in [4.69, 9.17) is 10.00 Å². The van der Waals surface area contributed by atoms with E-state index >= 15 is 0 Å². The first-order chi connectivity index (χ1) is 13.0. The van der Waals surface area contributed by atoms with Gasteiger partial charge >= 0.3 is 5.97 Å². The van der Waals surface area contributed by atoms with Crippen molar-refractivity contribution >= 4 is 18.0 Å². The molecule has 0 bridgehead atoms. The Balaban J connectivity index is 1.89. The van der Waals surface area contributed by atoms with Crippen molar-refractivity contribution < 1.29 is 19.4 Å². The summed E-state index contributed by atoms with van der Waals surface area (Å²) >= 11 is 0. The molecule has 1 fully saturated rings. The summed E-state index contributed by atoms with van der Waals surface area (Å²) in [6.45, 7) is 1.48. The van der Waals surface area contributed by atoms with Gasteiger partial charge in [-0.15, -0.1) is 0 Å². The third kappa shape index (κ3) is 3.67. The van der Waals surface area contributed by atoms with Crippen LogP contribution in [0.1, 0.15) is 24.1 Å². The molecule has 6 heteroatoms. The minimum Gasteiger partial charge on any atom is -0.480 e. The molecule has 0 saturated carbocycles. The highest BCUT2D eigenvalue weighted by Gasteiger charge is 2.53. The lowest BCUT2D eigenvalue weighted by Crippen LogP contribution is -2.65. The van der Waals surface area contributed by atoms with Crippen molar-refractivity contribution in [2.45, 2.75) is 25.1 Å². The van der Waals surface area contributed by atoms with Crippen molar-refractivity contribution in [2.24, 2.45) is 0 Å². The Morgan fingerprint density at radius 2 is 1.89 bits per heavy atom. The van der Waals surface area contributed by atoms with Gasteiger partial charge < -0.3 is 14.7 Å². The summed E-state index contributed by atoms with van der Waals surface area (Å²) in [6, 6.07) is 16.7. The predicted octanol–water partition coefficient (Wildman–Crippen LogP) is 3.03. The molecular formula is C21H18N2O4. The number of aliphatic carboxylic acids is 1. The number of carbonyl (C=O) groups excluding carboxylic acids is 1. The van der Waals surface area contributed by atoms with E-state index in [0.717, 1.165) is 11.1 Å². The Labute approximate surface area is 156 Å². The lowest BCUT2D eigenvalue weighted by atomic mass is 9.88. The molecule has 2 unspecified atom stereocenters. The molecule has 1 N–H and O–H groups in total. The van der Waals surface area contributed by atoms with Crippen molar-refractivity contribution in [2.75, 3.05) is 0 Å². The number of rotatable bonds is 6. The minimum absolute atomic E-state index is 0.354. The maximum absolute atomic E-state index is 12.6. The second-order valence-corrected chi connectivity index (χ2v) is 6.19. The molecule has 1 aliphatic heterocycles. The standard InChI is InChI=1S/C21H18N2O4/c1-14(21(25)26)23-18(16-11-9-15(10-12-16)6-5-13-22)19(20(23)24)27-17-7-3-2-4-8-17/h2-12,14,18-19H,1H3,(H,25,26)/b6-5+/t14-,18?,19?/m0/s1. The van der Waals surface area contributed by atoms with E-state index < -0.39 is 24.2 Å². The van der Waals surface area contributed by atoms with Crippen LogP contribution in [0.4, 0.5) is 0 Å². The quantitative estimate of drug-likeness (QED) is 0.630. The van der Waals surface area contributed by atoms with Crippen molar-refractivity contribution in [3.8, 4) is 11.8 Å². The van der Waals surface area contributed by atoms with Gasteiger partial charge in [0.1, 0.15) is 17.8 Å². The van der Waals surface area contributed by atoms with E-state index in [-0.39, 0.29) is 5.91 Å². The van der Waals surface area contributed by atoms with E-state index in [1.165, 1.54) is 17.9 Å². The fourth-order valence-corrected chi connectivity index (χ4v) is 3.07. The number of nitrogens with zero attached hydrogens (tertiary/aromatic N) is 2. The summed E-state index contributed by atoms with van der Waals surface area (Å²) in [5, 5.41) is 18.0. The topological polar surface area (TPSA) is 90.6 Å². The van der Waals surface area contributed by atoms with Crippen LogP contribution in [0.15, 0.2) is 60.7 Å². The third-order valence-electron chi connectivity index (χ3n) is 4.49. The lowest BCUT2D eigenvalue weighted by molar-refractivity contribution is -0.175. The monoisotopic (exact) mass is 362 g/mol. The first-order valence-corrected chi connectivity index (χ1v) is 8.45. The first-order valence-electron chi connectivity index (χ1n) is 8.45. The molecule has 0 radical (unpaired) electrons. The van der Waals surface area contributed by atoms with E-state index in [1.54, 1.807) is 30.3 Å². The zero-order chi connectivity index (χ0) is 19.4. The molecule has 1 aliphatic rings. The molecule has 3 rings (SSSR count). The number of carboxylic acids is 1. The lowest BCUT2D eigenvalue weighted by Gasteiger charge is -2.48. The van der Waals surface area contributed by atoms with Crippen molar-refractivity contribution in [3.05, 3.63) is 71.8 Å². The Morgan fingerprint density at radius 3 is 2.48 bits per heavy atom. The van der Waals surface area contributed by atoms with Crippen molar-refractivity contribution in [3.63, 3.8) is 0 Å². The van der Waals surface area contributed by atoms with E-state index in [2.05, 4.69) is 0 Å². The van der Waals surface area contributed by atoms with Gasteiger partial charge in [0.05, 0.1) is 6.07 Å². The number of β-lactam (4-membered cyclic amide) rings is 1. The van der Waals surface area contributed by atoms with Gasteiger partial charge in [-0.2, -0.15) is 5.26 Å². The molecule has 2 aromatic carbocycles. The van der Waals surface area contributed by atoms with E-state index in [9.17, 15) is 14.7 Å². The van der Waals surface area contributed by atoms with Gasteiger partial charge in [-0.3, -0.25) is 4.79 Å². The van der Waals surface area contributed by atoms with Crippen LogP contribution in [-0.2, 0) is 9.59 Å². The van der Waals surface area contributed by atoms with Crippen LogP contribution in [0, 0.1) is 11.3 Å². The fourth-order valence-electron chi connectivity index (χ4n) is 3.07. The van der Waals surface area contributed by atoms with Crippen molar-refractivity contribution in [1.29, 1.82) is 5.26 Å². The van der Waals surface area contributed by atoms with Crippen LogP contribution in [0.25, 0.3) is 6.08 Å². The number of allylic oxidation sites excluding steroid dienone is 1. The molecule has 3 atom stereocenters. The maximum atomic E-state index is 12.6. The summed E-state index contributed by atoms with van der Waals surface area (Å²) < 4.78 is 5.84. The molecular weight excluding hydrogens is 344 g/mol. The Morgan fingerprint density at radius 1 is 1.22 bits per heavy atom. The molecule has 1 heterocycles. The molecule has 136 valence electrons. The summed E-state index contributed by atoms with van der Waals surface area (Å²) in [4.78, 5) is 25.3. The highest BCUT2D eigenvalue weighted by Crippen LogP contribution is 2.39. The molecule has 2 aromatic rings. The largest absolute Gasteiger partial charge is 0.480 e. The molecule has 6 nitrogen and oxygen atoms in total. The van der Waals surface area contributed by atoms with Gasteiger partial charge in [0.15, 0.2) is 0 Å². The maximum Gasteiger partial charge on any atom is 0.326 e. The second kappa shape index (κ2) is 7.75. The Bertz CT molecular complexity index is 900. The summed E-state index contributed by atoms with van der Waals surface area (Å²) in [5.41, 5.74) is 1.61. The normalized spacial score (nSPS) is 20.0. The fraction of sp³-hybridized carbons (Fsp3) is 0.190. The van der Waals surface area contributed by atoms with Crippen molar-refractivity contribution in [1.82, 2.24) is 4.90 Å². The van der Waals surface area contributed by atoms with Gasteiger partial charge in [-0.25, -0.2) is 4.79 Å². The van der Waals surface area contributed by atoms with Crippen LogP contribution in [-0.4, -0.2) is 34.0 Å². The highest BCUT2D eigenvalue weighted by molar-refractivity contribution is 5.93. The molecule has 1 amide bonds. The van der Waals surface area contributed by atoms with E-state index in [0.29, 0.717) is 5.75 Å². The summed E-state index contributed by atoms with van der Waals surface area (Å²) in [7, 11) is 0. The van der Waals surface area contributed by atoms with Gasteiger partial charge in [-0.1, -0.05) is 42.5 Å². The number of benzene rings is 2. The van der Waals surface area contributed by atoms with Crippen LogP contribution in [0.3, 0.4) is 0 Å². The number of hydrogen-bond acceptors (Lipinski definition) is 4. The number of para-hydroxylation sites is 1. The summed E-state index contributed by atoms with van der Waals surface area (Å²) in [6.07, 6.45) is 2.27. The molecule has 0 aromatic heterocycles. The van der Waals surface area contributed by atoms with E-state index in [1.807, 2.05) is 36.4 Å². The van der Waals surface area contributed by atoms with Gasteiger partial charge in [0.25, 0.3) is 5.91 Å². The highest BCUT2D eigenvalue weighted by atomic mass is 16.5. The Hall–Kier alpha value is -3.59. The minimum atomic E-state index is -1.07. The van der Waals surface area contributed by atoms with Gasteiger partial charge in [0, 0.05) is 6.08 Å². The van der Waals surface area contributed by atoms with Crippen LogP contribution >= 0.6 is 0 Å². The smallest absolute Gasteiger partial charge is 0.326 e. The number of amides is 1. The number of nitriles is 1. The molecule has 1 saturated heterocycles. The van der Waals surface area contributed by atoms with Gasteiger partial charge in [0.2, 0.25) is 6.10 Å². The number of ether oxygens (including phenoxy) is 1. The average Bonchev–Trinajstić information content (AvgIpc) is 2.69. The number of carbonyl (C=O) groups is 2.